The summed E-state index contributed by atoms with van der Waals surface area (Å²) in [5, 5.41) is 12.2. The minimum Gasteiger partial charge on any atom is -0.481 e. The highest BCUT2D eigenvalue weighted by Gasteiger charge is 2.34. The molecule has 0 spiro atoms. The van der Waals surface area contributed by atoms with Crippen molar-refractivity contribution in [1.82, 2.24) is 5.32 Å². The second kappa shape index (κ2) is 6.54. The molecule has 0 aliphatic carbocycles. The van der Waals surface area contributed by atoms with Gasteiger partial charge in [0.1, 0.15) is 5.92 Å². The van der Waals surface area contributed by atoms with E-state index >= 15 is 0 Å². The van der Waals surface area contributed by atoms with E-state index in [0.717, 1.165) is 5.56 Å². The summed E-state index contributed by atoms with van der Waals surface area (Å²) in [5.74, 6) is -2.00. The van der Waals surface area contributed by atoms with Gasteiger partial charge in [0.25, 0.3) is 0 Å². The number of carboxylic acids is 1. The van der Waals surface area contributed by atoms with E-state index in [9.17, 15) is 9.59 Å². The number of hydrogen-bond donors (Lipinski definition) is 2. The minimum absolute atomic E-state index is 0.126. The van der Waals surface area contributed by atoms with Gasteiger partial charge in [-0.15, -0.1) is 0 Å². The molecule has 1 heterocycles. The molecule has 1 aliphatic heterocycles. The van der Waals surface area contributed by atoms with Gasteiger partial charge in [0.15, 0.2) is 0 Å². The van der Waals surface area contributed by atoms with Crippen LogP contribution in [0.3, 0.4) is 0 Å². The number of nitrogens with one attached hydrogen (secondary N) is 1. The average Bonchev–Trinajstić information content (AvgIpc) is 2.86. The van der Waals surface area contributed by atoms with Gasteiger partial charge in [0.05, 0.1) is 19.3 Å². The Hall–Kier alpha value is -1.85. The van der Waals surface area contributed by atoms with Crippen LogP contribution in [0, 0.1) is 5.92 Å². The number of halogens is 1. The molecule has 5 nitrogen and oxygen atoms in total. The van der Waals surface area contributed by atoms with Crippen molar-refractivity contribution in [2.24, 2.45) is 5.92 Å². The topological polar surface area (TPSA) is 75.6 Å². The van der Waals surface area contributed by atoms with Crippen molar-refractivity contribution in [2.75, 3.05) is 13.2 Å². The van der Waals surface area contributed by atoms with Crippen LogP contribution < -0.4 is 5.32 Å². The Balaban J connectivity index is 1.92. The van der Waals surface area contributed by atoms with Crippen LogP contribution >= 0.6 is 11.6 Å². The summed E-state index contributed by atoms with van der Waals surface area (Å²) < 4.78 is 5.07. The number of rotatable bonds is 4. The summed E-state index contributed by atoms with van der Waals surface area (Å²) in [5.41, 5.74) is 0.835. The normalized spacial score (nSPS) is 22.1. The van der Waals surface area contributed by atoms with Crippen LogP contribution in [-0.2, 0) is 14.3 Å². The number of carboxylic acid groups (broad SMARTS) is 1. The van der Waals surface area contributed by atoms with Gasteiger partial charge in [0, 0.05) is 11.1 Å². The smallest absolute Gasteiger partial charge is 0.311 e. The summed E-state index contributed by atoms with van der Waals surface area (Å²) in [4.78, 5) is 22.7. The van der Waals surface area contributed by atoms with Crippen LogP contribution in [0.25, 0.3) is 6.08 Å². The lowest BCUT2D eigenvalue weighted by Gasteiger charge is -2.14. The number of carbonyl (C=O) groups excluding carboxylic acids is 1. The molecule has 1 fully saturated rings. The fourth-order valence-corrected chi connectivity index (χ4v) is 2.04. The maximum Gasteiger partial charge on any atom is 0.311 e. The zero-order valence-electron chi connectivity index (χ0n) is 10.6. The van der Waals surface area contributed by atoms with Crippen molar-refractivity contribution in [3.63, 3.8) is 0 Å². The van der Waals surface area contributed by atoms with Crippen molar-refractivity contribution in [1.29, 1.82) is 0 Å². The lowest BCUT2D eigenvalue weighted by molar-refractivity contribution is -0.142. The highest BCUT2D eigenvalue weighted by Crippen LogP contribution is 2.14. The minimum atomic E-state index is -0.963. The van der Waals surface area contributed by atoms with Gasteiger partial charge < -0.3 is 15.2 Å². The second-order valence-electron chi connectivity index (χ2n) is 4.48. The average molecular weight is 296 g/mol. The van der Waals surface area contributed by atoms with Crippen LogP contribution in [0.15, 0.2) is 30.3 Å². The zero-order valence-corrected chi connectivity index (χ0v) is 11.3. The summed E-state index contributed by atoms with van der Waals surface area (Å²) in [6, 6.07) is 6.53. The van der Waals surface area contributed by atoms with Crippen LogP contribution in [0.4, 0.5) is 0 Å². The van der Waals surface area contributed by atoms with Crippen molar-refractivity contribution < 1.29 is 19.4 Å². The highest BCUT2D eigenvalue weighted by atomic mass is 35.5. The lowest BCUT2D eigenvalue weighted by atomic mass is 10.0. The number of hydrogen-bond acceptors (Lipinski definition) is 3. The number of benzene rings is 1. The maximum atomic E-state index is 11.7. The third-order valence-electron chi connectivity index (χ3n) is 3.02. The molecule has 2 N–H and O–H groups in total. The highest BCUT2D eigenvalue weighted by molar-refractivity contribution is 6.30. The Bertz CT molecular complexity index is 526. The Morgan fingerprint density at radius 2 is 2.00 bits per heavy atom. The summed E-state index contributed by atoms with van der Waals surface area (Å²) >= 11 is 5.76. The van der Waals surface area contributed by atoms with Crippen molar-refractivity contribution in [3.8, 4) is 0 Å². The van der Waals surface area contributed by atoms with Gasteiger partial charge in [-0.25, -0.2) is 0 Å². The predicted molar refractivity (Wildman–Crippen MR) is 74.4 cm³/mol. The molecule has 1 aromatic rings. The van der Waals surface area contributed by atoms with E-state index in [2.05, 4.69) is 5.32 Å². The van der Waals surface area contributed by atoms with Crippen LogP contribution in [0.2, 0.25) is 5.02 Å². The van der Waals surface area contributed by atoms with E-state index in [4.69, 9.17) is 21.4 Å². The molecule has 1 aliphatic rings. The Morgan fingerprint density at radius 1 is 1.30 bits per heavy atom. The van der Waals surface area contributed by atoms with Crippen LogP contribution in [0.5, 0.6) is 0 Å². The molecule has 0 aromatic heterocycles. The van der Waals surface area contributed by atoms with Gasteiger partial charge in [-0.05, 0) is 23.8 Å². The first-order chi connectivity index (χ1) is 9.56. The van der Waals surface area contributed by atoms with Crippen molar-refractivity contribution in [2.45, 2.75) is 6.04 Å². The van der Waals surface area contributed by atoms with Gasteiger partial charge >= 0.3 is 5.97 Å². The molecule has 106 valence electrons. The summed E-state index contributed by atoms with van der Waals surface area (Å²) in [7, 11) is 0. The number of amides is 1. The Labute approximate surface area is 121 Å². The predicted octanol–water partition coefficient (Wildman–Crippen LogP) is 1.57. The van der Waals surface area contributed by atoms with E-state index < -0.39 is 17.9 Å². The molecule has 1 saturated heterocycles. The first-order valence-corrected chi connectivity index (χ1v) is 6.49. The van der Waals surface area contributed by atoms with E-state index in [-0.39, 0.29) is 19.1 Å². The third kappa shape index (κ3) is 3.82. The molecule has 0 bridgehead atoms. The summed E-state index contributed by atoms with van der Waals surface area (Å²) in [6.45, 7) is 0.346. The molecule has 0 radical (unpaired) electrons. The fraction of sp³-hybridized carbons (Fsp3) is 0.286. The van der Waals surface area contributed by atoms with E-state index in [1.54, 1.807) is 30.3 Å². The van der Waals surface area contributed by atoms with Crippen molar-refractivity contribution in [3.05, 3.63) is 40.9 Å². The second-order valence-corrected chi connectivity index (χ2v) is 4.92. The first kappa shape index (κ1) is 14.6. The van der Waals surface area contributed by atoms with E-state index in [1.807, 2.05) is 0 Å². The molecule has 2 atom stereocenters. The molecule has 6 heteroatoms. The largest absolute Gasteiger partial charge is 0.481 e. The van der Waals surface area contributed by atoms with Crippen LogP contribution in [0.1, 0.15) is 5.56 Å². The van der Waals surface area contributed by atoms with E-state index in [1.165, 1.54) is 6.08 Å². The summed E-state index contributed by atoms with van der Waals surface area (Å²) in [6.07, 6.45) is 3.00. The quantitative estimate of drug-likeness (QED) is 0.827. The van der Waals surface area contributed by atoms with Crippen molar-refractivity contribution >= 4 is 29.6 Å². The molecule has 1 amide bonds. The zero-order chi connectivity index (χ0) is 14.5. The maximum absolute atomic E-state index is 11.7. The molecule has 20 heavy (non-hydrogen) atoms. The lowest BCUT2D eigenvalue weighted by Crippen LogP contribution is -2.41. The Kier molecular flexibility index (Phi) is 4.76. The van der Waals surface area contributed by atoms with E-state index in [0.29, 0.717) is 5.02 Å². The fourth-order valence-electron chi connectivity index (χ4n) is 1.92. The number of carbonyl (C=O) groups is 2. The monoisotopic (exact) mass is 295 g/mol. The number of ether oxygens (including phenoxy) is 1. The third-order valence-corrected chi connectivity index (χ3v) is 3.27. The van der Waals surface area contributed by atoms with Gasteiger partial charge in [-0.1, -0.05) is 23.7 Å². The molecule has 1 aromatic carbocycles. The molecular formula is C14H14ClNO4. The standard InChI is InChI=1S/C14H14ClNO4/c15-10-4-1-9(2-5-10)3-6-13(17)16-12-8-20-7-11(12)14(18)19/h1-6,11-12H,7-8H2,(H,16,17)(H,18,19). The molecular weight excluding hydrogens is 282 g/mol. The SMILES string of the molecule is O=C(C=Cc1ccc(Cl)cc1)NC1COCC1C(=O)O. The van der Waals surface area contributed by atoms with Gasteiger partial charge in [0.2, 0.25) is 5.91 Å². The molecule has 0 saturated carbocycles. The van der Waals surface area contributed by atoms with Gasteiger partial charge in [-0.3, -0.25) is 9.59 Å². The molecule has 2 unspecified atom stereocenters. The molecule has 2 rings (SSSR count). The van der Waals surface area contributed by atoms with Crippen LogP contribution in [-0.4, -0.2) is 36.2 Å². The first-order valence-electron chi connectivity index (χ1n) is 6.11. The number of aliphatic carboxylic acids is 1. The Morgan fingerprint density at radius 3 is 2.65 bits per heavy atom. The van der Waals surface area contributed by atoms with Gasteiger partial charge in [-0.2, -0.15) is 0 Å².